The number of fused-ring (bicyclic) bond motifs is 2. The summed E-state index contributed by atoms with van der Waals surface area (Å²) in [5.41, 5.74) is 5.81. The van der Waals surface area contributed by atoms with Crippen LogP contribution < -0.4 is 10.1 Å². The van der Waals surface area contributed by atoms with E-state index in [4.69, 9.17) is 26.1 Å². The number of carbonyl (C=O) groups excluding carboxylic acids is 2. The van der Waals surface area contributed by atoms with Crippen LogP contribution in [0.4, 0.5) is 0 Å². The minimum Gasteiger partial charge on any atom is -0.497 e. The van der Waals surface area contributed by atoms with E-state index in [1.54, 1.807) is 7.11 Å². The van der Waals surface area contributed by atoms with Crippen molar-refractivity contribution >= 4 is 46.0 Å². The number of ether oxygens (including phenoxy) is 2. The first kappa shape index (κ1) is 24.5. The normalized spacial score (nSPS) is 13.4. The lowest BCUT2D eigenvalue weighted by Gasteiger charge is -2.12. The Morgan fingerprint density at radius 3 is 2.51 bits per heavy atom. The molecule has 0 fully saturated rings. The number of hydrogen-bond donors (Lipinski definition) is 1. The summed E-state index contributed by atoms with van der Waals surface area (Å²) in [6.07, 6.45) is 3.50. The van der Waals surface area contributed by atoms with E-state index >= 15 is 0 Å². The molecule has 5 rings (SSSR count). The van der Waals surface area contributed by atoms with Crippen molar-refractivity contribution in [1.29, 1.82) is 0 Å². The molecule has 6 nitrogen and oxygen atoms in total. The molecule has 0 bridgehead atoms. The quantitative estimate of drug-likeness (QED) is 0.314. The molecule has 0 atom stereocenters. The van der Waals surface area contributed by atoms with Crippen LogP contribution in [0.15, 0.2) is 72.8 Å². The average molecular weight is 513 g/mol. The van der Waals surface area contributed by atoms with E-state index in [1.807, 2.05) is 72.8 Å². The number of amides is 1. The number of hydrogen-bond acceptors (Lipinski definition) is 5. The molecule has 0 saturated heterocycles. The van der Waals surface area contributed by atoms with Gasteiger partial charge >= 0.3 is 5.97 Å². The van der Waals surface area contributed by atoms with Gasteiger partial charge in [-0.1, -0.05) is 54.1 Å². The lowest BCUT2D eigenvalue weighted by atomic mass is 10.0. The molecule has 1 aromatic heterocycles. The molecular formula is C30H25ClN2O4. The highest BCUT2D eigenvalue weighted by molar-refractivity contribution is 6.30. The van der Waals surface area contributed by atoms with Crippen LogP contribution in [-0.4, -0.2) is 30.6 Å². The van der Waals surface area contributed by atoms with Gasteiger partial charge in [-0.3, -0.25) is 4.79 Å². The summed E-state index contributed by atoms with van der Waals surface area (Å²) in [6, 6.07) is 22.5. The highest BCUT2D eigenvalue weighted by atomic mass is 35.5. The van der Waals surface area contributed by atoms with E-state index in [2.05, 4.69) is 11.4 Å². The maximum atomic E-state index is 13.3. The van der Waals surface area contributed by atoms with Crippen molar-refractivity contribution in [1.82, 2.24) is 10.3 Å². The molecular weight excluding hydrogens is 488 g/mol. The molecule has 0 unspecified atom stereocenters. The third-order valence-corrected chi connectivity index (χ3v) is 6.59. The zero-order valence-electron chi connectivity index (χ0n) is 20.3. The maximum Gasteiger partial charge on any atom is 0.339 e. The number of rotatable bonds is 7. The Balaban J connectivity index is 1.34. The van der Waals surface area contributed by atoms with Crippen LogP contribution in [0.25, 0.3) is 22.6 Å². The highest BCUT2D eigenvalue weighted by Gasteiger charge is 2.28. The molecule has 0 saturated carbocycles. The van der Waals surface area contributed by atoms with Crippen LogP contribution in [0.3, 0.4) is 0 Å². The van der Waals surface area contributed by atoms with Crippen molar-refractivity contribution in [2.45, 2.75) is 19.4 Å². The summed E-state index contributed by atoms with van der Waals surface area (Å²) in [4.78, 5) is 30.6. The minimum atomic E-state index is -0.526. The number of esters is 1. The fourth-order valence-corrected chi connectivity index (χ4v) is 4.60. The fourth-order valence-electron chi connectivity index (χ4n) is 4.47. The topological polar surface area (TPSA) is 77.5 Å². The van der Waals surface area contributed by atoms with Crippen molar-refractivity contribution in [2.75, 3.05) is 13.7 Å². The standard InChI is InChI=1S/C30H25ClN2O4/c1-36-23-13-8-20(9-14-23)17-32-27(34)18-37-30(35)28-24-4-2-3-5-26(24)33-29-21(10-15-25(28)29)16-19-6-11-22(31)12-7-19/h2-9,11-14,16H,10,15,17-18H2,1H3,(H,32,34)/b21-16-. The fraction of sp³-hybridized carbons (Fsp3) is 0.167. The van der Waals surface area contributed by atoms with Crippen LogP contribution in [0.5, 0.6) is 5.75 Å². The molecule has 1 heterocycles. The van der Waals surface area contributed by atoms with E-state index < -0.39 is 5.97 Å². The van der Waals surface area contributed by atoms with Crippen LogP contribution in [0.1, 0.15) is 39.2 Å². The number of carbonyl (C=O) groups is 2. The Bertz CT molecular complexity index is 1500. The second-order valence-corrected chi connectivity index (χ2v) is 9.19. The lowest BCUT2D eigenvalue weighted by Crippen LogP contribution is -2.28. The number of methoxy groups -OCH3 is 1. The first-order valence-electron chi connectivity index (χ1n) is 12.0. The van der Waals surface area contributed by atoms with Crippen LogP contribution in [0.2, 0.25) is 5.02 Å². The summed E-state index contributed by atoms with van der Waals surface area (Å²) in [7, 11) is 1.60. The smallest absolute Gasteiger partial charge is 0.339 e. The molecule has 0 spiro atoms. The van der Waals surface area contributed by atoms with Crippen molar-refractivity contribution in [3.05, 3.63) is 106 Å². The lowest BCUT2D eigenvalue weighted by molar-refractivity contribution is -0.124. The van der Waals surface area contributed by atoms with E-state index in [1.165, 1.54) is 0 Å². The molecule has 3 aromatic carbocycles. The highest BCUT2D eigenvalue weighted by Crippen LogP contribution is 2.37. The maximum absolute atomic E-state index is 13.3. The second kappa shape index (κ2) is 10.8. The minimum absolute atomic E-state index is 0.326. The predicted molar refractivity (Wildman–Crippen MR) is 145 cm³/mol. The number of aromatic nitrogens is 1. The molecule has 1 amide bonds. The zero-order valence-corrected chi connectivity index (χ0v) is 21.0. The Labute approximate surface area is 219 Å². The molecule has 1 N–H and O–H groups in total. The number of nitrogens with one attached hydrogen (secondary N) is 1. The van der Waals surface area contributed by atoms with E-state index in [-0.39, 0.29) is 12.5 Å². The number of halogens is 1. The van der Waals surface area contributed by atoms with E-state index in [9.17, 15) is 9.59 Å². The van der Waals surface area contributed by atoms with Crippen molar-refractivity contribution < 1.29 is 19.1 Å². The third kappa shape index (κ3) is 5.49. The summed E-state index contributed by atoms with van der Waals surface area (Å²) < 4.78 is 10.6. The van der Waals surface area contributed by atoms with Crippen molar-refractivity contribution in [2.24, 2.45) is 0 Å². The van der Waals surface area contributed by atoms with Gasteiger partial charge in [-0.05, 0) is 71.5 Å². The number of nitrogens with zero attached hydrogens (tertiary/aromatic N) is 1. The number of pyridine rings is 1. The van der Waals surface area contributed by atoms with Gasteiger partial charge in [0, 0.05) is 17.0 Å². The largest absolute Gasteiger partial charge is 0.497 e. The molecule has 186 valence electrons. The van der Waals surface area contributed by atoms with Crippen LogP contribution in [-0.2, 0) is 22.5 Å². The number of benzene rings is 3. The summed E-state index contributed by atoms with van der Waals surface area (Å²) in [5.74, 6) is -0.156. The zero-order chi connectivity index (χ0) is 25.8. The van der Waals surface area contributed by atoms with Crippen LogP contribution in [0, 0.1) is 0 Å². The first-order valence-corrected chi connectivity index (χ1v) is 12.3. The molecule has 1 aliphatic rings. The number of para-hydroxylation sites is 1. The monoisotopic (exact) mass is 512 g/mol. The summed E-state index contributed by atoms with van der Waals surface area (Å²) >= 11 is 6.03. The molecule has 7 heteroatoms. The van der Waals surface area contributed by atoms with E-state index in [0.717, 1.165) is 45.5 Å². The average Bonchev–Trinajstić information content (AvgIpc) is 3.32. The molecule has 1 aliphatic carbocycles. The third-order valence-electron chi connectivity index (χ3n) is 6.34. The van der Waals surface area contributed by atoms with Gasteiger partial charge in [-0.25, -0.2) is 9.78 Å². The molecule has 0 aliphatic heterocycles. The summed E-state index contributed by atoms with van der Waals surface area (Å²) in [6.45, 7) is -0.0410. The second-order valence-electron chi connectivity index (χ2n) is 8.75. The Hall–Kier alpha value is -4.16. The molecule has 4 aromatic rings. The van der Waals surface area contributed by atoms with Gasteiger partial charge in [0.05, 0.1) is 23.9 Å². The first-order chi connectivity index (χ1) is 18.0. The Morgan fingerprint density at radius 1 is 1.00 bits per heavy atom. The van der Waals surface area contributed by atoms with Gasteiger partial charge in [0.2, 0.25) is 0 Å². The van der Waals surface area contributed by atoms with Crippen molar-refractivity contribution in [3.8, 4) is 5.75 Å². The molecule has 37 heavy (non-hydrogen) atoms. The summed E-state index contributed by atoms with van der Waals surface area (Å²) in [5, 5.41) is 4.18. The van der Waals surface area contributed by atoms with Crippen molar-refractivity contribution in [3.63, 3.8) is 0 Å². The van der Waals surface area contributed by atoms with Gasteiger partial charge in [0.25, 0.3) is 5.91 Å². The van der Waals surface area contributed by atoms with E-state index in [0.29, 0.717) is 29.1 Å². The Kier molecular flexibility index (Phi) is 7.19. The Morgan fingerprint density at radius 2 is 1.76 bits per heavy atom. The van der Waals surface area contributed by atoms with Gasteiger partial charge < -0.3 is 14.8 Å². The van der Waals surface area contributed by atoms with Gasteiger partial charge in [0.1, 0.15) is 5.75 Å². The van der Waals surface area contributed by atoms with Gasteiger partial charge in [-0.15, -0.1) is 0 Å². The molecule has 0 radical (unpaired) electrons. The van der Waals surface area contributed by atoms with Gasteiger partial charge in [0.15, 0.2) is 6.61 Å². The van der Waals surface area contributed by atoms with Gasteiger partial charge in [-0.2, -0.15) is 0 Å². The number of allylic oxidation sites excluding steroid dienone is 1. The van der Waals surface area contributed by atoms with Crippen LogP contribution >= 0.6 is 11.6 Å². The SMILES string of the molecule is COc1ccc(CNC(=O)COC(=O)c2c3c(nc4ccccc24)/C(=C\c2ccc(Cl)cc2)CC3)cc1. The predicted octanol–water partition coefficient (Wildman–Crippen LogP) is 5.86.